The summed E-state index contributed by atoms with van der Waals surface area (Å²) in [5, 5.41) is 5.00. The van der Waals surface area contributed by atoms with E-state index in [1.165, 1.54) is 92.1 Å². The van der Waals surface area contributed by atoms with Crippen LogP contribution in [0, 0.1) is 0 Å². The molecule has 0 saturated heterocycles. The molecule has 1 aromatic heterocycles. The molecule has 1 aliphatic rings. The van der Waals surface area contributed by atoms with Gasteiger partial charge >= 0.3 is 0 Å². The Balaban J connectivity index is 1.14. The third-order valence-electron chi connectivity index (χ3n) is 14.9. The molecule has 11 aromatic carbocycles. The topological polar surface area (TPSA) is 3.24 Å². The number of anilines is 3. The number of benzene rings is 11. The molecule has 13 rings (SSSR count). The summed E-state index contributed by atoms with van der Waals surface area (Å²) in [6, 6.07) is 95.3. The lowest BCUT2D eigenvalue weighted by Crippen LogP contribution is -2.28. The maximum atomic E-state index is 2.58. The largest absolute Gasteiger partial charge is 0.309 e. The molecule has 0 fully saturated rings. The van der Waals surface area contributed by atoms with Crippen molar-refractivity contribution in [1.82, 2.24) is 0 Å². The molecule has 1 nitrogen and oxygen atoms in total. The van der Waals surface area contributed by atoms with Crippen molar-refractivity contribution >= 4 is 59.3 Å². The van der Waals surface area contributed by atoms with Gasteiger partial charge in [-0.3, -0.25) is 0 Å². The van der Waals surface area contributed by atoms with E-state index in [-0.39, 0.29) is 5.41 Å². The molecule has 0 unspecified atom stereocenters. The van der Waals surface area contributed by atoms with Crippen molar-refractivity contribution < 1.29 is 0 Å². The fourth-order valence-electron chi connectivity index (χ4n) is 11.6. The van der Waals surface area contributed by atoms with E-state index in [2.05, 4.69) is 280 Å². The Hall–Kier alpha value is -8.30. The highest BCUT2D eigenvalue weighted by atomic mass is 32.1. The second-order valence-corrected chi connectivity index (χ2v) is 21.0. The highest BCUT2D eigenvalue weighted by Crippen LogP contribution is 2.58. The van der Waals surface area contributed by atoms with Crippen LogP contribution in [0.1, 0.15) is 48.6 Å². The van der Waals surface area contributed by atoms with Crippen LogP contribution in [0.5, 0.6) is 0 Å². The first-order valence-corrected chi connectivity index (χ1v) is 25.6. The maximum absolute atomic E-state index is 2.58. The van der Waals surface area contributed by atoms with E-state index < -0.39 is 5.41 Å². The SMILES string of the molecule is CC(C)(C)c1ccc(-c2ccc(N(c3ccc4c(c3)C(c3ccccc3)(c3ccccc3)c3ccccc3-4)c3ccc4ccccc4c3-c3cccc4c3sc3ccccc34)c(-c3ccccc3)c2)cc1. The van der Waals surface area contributed by atoms with Crippen LogP contribution in [0.25, 0.3) is 75.5 Å². The lowest BCUT2D eigenvalue weighted by atomic mass is 9.67. The summed E-state index contributed by atoms with van der Waals surface area (Å²) in [7, 11) is 0. The van der Waals surface area contributed by atoms with Crippen LogP contribution in [0.2, 0.25) is 0 Å². The first-order valence-electron chi connectivity index (χ1n) is 24.7. The molecule has 0 bridgehead atoms. The van der Waals surface area contributed by atoms with E-state index in [9.17, 15) is 0 Å². The van der Waals surface area contributed by atoms with Crippen LogP contribution >= 0.6 is 11.3 Å². The zero-order valence-corrected chi connectivity index (χ0v) is 40.9. The van der Waals surface area contributed by atoms with Gasteiger partial charge in [-0.25, -0.2) is 0 Å². The molecule has 0 amide bonds. The van der Waals surface area contributed by atoms with Gasteiger partial charge in [-0.05, 0) is 108 Å². The number of hydrogen-bond donors (Lipinski definition) is 0. The minimum atomic E-state index is -0.573. The average molecular weight is 926 g/mol. The summed E-state index contributed by atoms with van der Waals surface area (Å²) in [5.41, 5.74) is 18.8. The smallest absolute Gasteiger partial charge is 0.0714 e. The highest BCUT2D eigenvalue weighted by Gasteiger charge is 2.46. The lowest BCUT2D eigenvalue weighted by molar-refractivity contribution is 0.590. The number of fused-ring (bicyclic) bond motifs is 7. The average Bonchev–Trinajstić information content (AvgIpc) is 3.96. The molecule has 0 N–H and O–H groups in total. The van der Waals surface area contributed by atoms with Crippen LogP contribution < -0.4 is 4.90 Å². The van der Waals surface area contributed by atoms with E-state index in [1.807, 2.05) is 11.3 Å². The molecule has 12 aromatic rings. The third kappa shape index (κ3) is 6.96. The molecule has 338 valence electrons. The van der Waals surface area contributed by atoms with Crippen LogP contribution in [-0.4, -0.2) is 0 Å². The molecule has 0 aliphatic heterocycles. The molecule has 71 heavy (non-hydrogen) atoms. The molecule has 0 atom stereocenters. The van der Waals surface area contributed by atoms with Gasteiger partial charge in [0, 0.05) is 42.6 Å². The van der Waals surface area contributed by atoms with Gasteiger partial charge in [0.15, 0.2) is 0 Å². The zero-order valence-electron chi connectivity index (χ0n) is 40.1. The van der Waals surface area contributed by atoms with Crippen molar-refractivity contribution in [3.05, 3.63) is 283 Å². The Morgan fingerprint density at radius 3 is 1.72 bits per heavy atom. The summed E-state index contributed by atoms with van der Waals surface area (Å²) >= 11 is 1.89. The van der Waals surface area contributed by atoms with E-state index in [0.717, 1.165) is 28.2 Å². The Morgan fingerprint density at radius 2 is 0.972 bits per heavy atom. The van der Waals surface area contributed by atoms with Crippen LogP contribution in [0.15, 0.2) is 255 Å². The minimum Gasteiger partial charge on any atom is -0.309 e. The van der Waals surface area contributed by atoms with E-state index >= 15 is 0 Å². The summed E-state index contributed by atoms with van der Waals surface area (Å²) in [6.45, 7) is 6.84. The van der Waals surface area contributed by atoms with Crippen LogP contribution in [0.4, 0.5) is 17.1 Å². The highest BCUT2D eigenvalue weighted by molar-refractivity contribution is 7.26. The summed E-state index contributed by atoms with van der Waals surface area (Å²) in [4.78, 5) is 2.58. The molecular formula is C69H51NS. The molecule has 1 aliphatic carbocycles. The van der Waals surface area contributed by atoms with E-state index in [4.69, 9.17) is 0 Å². The van der Waals surface area contributed by atoms with Crippen molar-refractivity contribution in [1.29, 1.82) is 0 Å². The molecule has 2 heteroatoms. The molecular weight excluding hydrogens is 875 g/mol. The van der Waals surface area contributed by atoms with Gasteiger partial charge in [-0.2, -0.15) is 0 Å². The van der Waals surface area contributed by atoms with Gasteiger partial charge in [-0.15, -0.1) is 11.3 Å². The van der Waals surface area contributed by atoms with Crippen molar-refractivity contribution in [3.8, 4) is 44.5 Å². The normalized spacial score (nSPS) is 12.8. The Labute approximate surface area is 420 Å². The van der Waals surface area contributed by atoms with E-state index in [1.54, 1.807) is 0 Å². The molecule has 0 radical (unpaired) electrons. The fraction of sp³-hybridized carbons (Fsp3) is 0.0725. The van der Waals surface area contributed by atoms with Crippen LogP contribution in [0.3, 0.4) is 0 Å². The number of rotatable bonds is 8. The van der Waals surface area contributed by atoms with Gasteiger partial charge in [0.05, 0.1) is 16.8 Å². The van der Waals surface area contributed by atoms with Crippen molar-refractivity contribution in [2.45, 2.75) is 31.6 Å². The fourth-order valence-corrected chi connectivity index (χ4v) is 12.8. The minimum absolute atomic E-state index is 0.0612. The third-order valence-corrected chi connectivity index (χ3v) is 16.1. The zero-order chi connectivity index (χ0) is 47.7. The van der Waals surface area contributed by atoms with Gasteiger partial charge in [0.2, 0.25) is 0 Å². The van der Waals surface area contributed by atoms with Gasteiger partial charge in [-0.1, -0.05) is 239 Å². The van der Waals surface area contributed by atoms with E-state index in [0.29, 0.717) is 0 Å². The molecule has 0 spiro atoms. The van der Waals surface area contributed by atoms with Crippen molar-refractivity contribution in [3.63, 3.8) is 0 Å². The second kappa shape index (κ2) is 17.0. The monoisotopic (exact) mass is 925 g/mol. The second-order valence-electron chi connectivity index (χ2n) is 20.0. The van der Waals surface area contributed by atoms with Crippen molar-refractivity contribution in [2.24, 2.45) is 0 Å². The van der Waals surface area contributed by atoms with Gasteiger partial charge in [0.25, 0.3) is 0 Å². The lowest BCUT2D eigenvalue weighted by Gasteiger charge is -2.35. The Morgan fingerprint density at radius 1 is 0.380 bits per heavy atom. The van der Waals surface area contributed by atoms with Crippen molar-refractivity contribution in [2.75, 3.05) is 4.90 Å². The number of thiophene rings is 1. The summed E-state index contributed by atoms with van der Waals surface area (Å²) < 4.78 is 2.59. The first kappa shape index (κ1) is 42.8. The standard InChI is InChI=1S/C69H51NS/c1-68(2,3)50-38-34-46(35-39-50)49-37-42-63(60(44-49)47-20-7-4-8-21-47)70(64-43-36-48-22-13-14-27-54(48)66(64)59-31-19-30-58-57-29-16-18-33-65(57)71-67(58)59)53-40-41-56-55-28-15-17-32-61(55)69(62(56)45-53,51-23-9-5-10-24-51)52-25-11-6-12-26-52/h4-45H,1-3H3. The maximum Gasteiger partial charge on any atom is 0.0714 e. The number of nitrogens with zero attached hydrogens (tertiary/aromatic N) is 1. The predicted molar refractivity (Wildman–Crippen MR) is 304 cm³/mol. The summed E-state index contributed by atoms with van der Waals surface area (Å²) in [5.74, 6) is 0. The summed E-state index contributed by atoms with van der Waals surface area (Å²) in [6.07, 6.45) is 0. The van der Waals surface area contributed by atoms with Gasteiger partial charge < -0.3 is 4.90 Å². The van der Waals surface area contributed by atoms with Crippen LogP contribution in [-0.2, 0) is 10.8 Å². The Kier molecular flexibility index (Phi) is 10.2. The molecule has 0 saturated carbocycles. The molecule has 1 heterocycles. The quantitative estimate of drug-likeness (QED) is 0.147. The number of hydrogen-bond acceptors (Lipinski definition) is 2. The predicted octanol–water partition coefficient (Wildman–Crippen LogP) is 19.3. The Bertz CT molecular complexity index is 3910. The first-order chi connectivity index (χ1) is 34.9. The van der Waals surface area contributed by atoms with Gasteiger partial charge in [0.1, 0.15) is 0 Å².